The van der Waals surface area contributed by atoms with Crippen LogP contribution in [0.1, 0.15) is 13.8 Å². The summed E-state index contributed by atoms with van der Waals surface area (Å²) in [7, 11) is 0. The van der Waals surface area contributed by atoms with Crippen LogP contribution in [0.2, 0.25) is 0 Å². The van der Waals surface area contributed by atoms with Crippen LogP contribution in [0.15, 0.2) is 16.8 Å². The molecule has 0 saturated carbocycles. The highest BCUT2D eigenvalue weighted by Gasteiger charge is 2.07. The van der Waals surface area contributed by atoms with Crippen LogP contribution >= 0.6 is 0 Å². The number of hydrogen-bond acceptors (Lipinski definition) is 5. The third-order valence-electron chi connectivity index (χ3n) is 1.44. The summed E-state index contributed by atoms with van der Waals surface area (Å²) in [6, 6.07) is 0. The average molecular weight is 164 g/mol. The monoisotopic (exact) mass is 164 g/mol. The second-order valence-electron chi connectivity index (χ2n) is 2.58. The molecular formula is C6H8N6. The van der Waals surface area contributed by atoms with Crippen LogP contribution in [0, 0.1) is 0 Å². The molecule has 0 aromatic carbocycles. The fourth-order valence-corrected chi connectivity index (χ4v) is 1.03. The summed E-state index contributed by atoms with van der Waals surface area (Å²) in [5, 5.41) is 10.9. The van der Waals surface area contributed by atoms with E-state index in [0.717, 1.165) is 11.4 Å². The lowest BCUT2D eigenvalue weighted by atomic mass is 10.3. The lowest BCUT2D eigenvalue weighted by Gasteiger charge is -2.01. The minimum Gasteiger partial charge on any atom is -0.278 e. The van der Waals surface area contributed by atoms with Crippen molar-refractivity contribution < 1.29 is 0 Å². The highest BCUT2D eigenvalue weighted by molar-refractivity contribution is 5.95. The number of aromatic nitrogens is 4. The maximum Gasteiger partial charge on any atom is 0.289 e. The van der Waals surface area contributed by atoms with Crippen molar-refractivity contribution in [1.82, 2.24) is 20.3 Å². The molecule has 0 fully saturated rings. The zero-order valence-electron chi connectivity index (χ0n) is 6.81. The lowest BCUT2D eigenvalue weighted by Crippen LogP contribution is -2.12. The van der Waals surface area contributed by atoms with E-state index in [4.69, 9.17) is 0 Å². The zero-order chi connectivity index (χ0) is 8.55. The number of fused-ring (bicyclic) bond motifs is 1. The van der Waals surface area contributed by atoms with Gasteiger partial charge in [-0.05, 0) is 30.4 Å². The molecule has 0 unspecified atom stereocenters. The topological polar surface area (TPSA) is 68.0 Å². The van der Waals surface area contributed by atoms with E-state index in [9.17, 15) is 0 Å². The molecule has 62 valence electrons. The molecule has 2 rings (SSSR count). The van der Waals surface area contributed by atoms with E-state index < -0.39 is 0 Å². The molecule has 6 heteroatoms. The van der Waals surface area contributed by atoms with Crippen molar-refractivity contribution in [3.8, 4) is 0 Å². The molecular weight excluding hydrogens is 156 g/mol. The highest BCUT2D eigenvalue weighted by atomic mass is 15.7. The molecule has 0 amide bonds. The Morgan fingerprint density at radius 1 is 1.42 bits per heavy atom. The quantitative estimate of drug-likeness (QED) is 0.595. The lowest BCUT2D eigenvalue weighted by molar-refractivity contribution is 0.726. The highest BCUT2D eigenvalue weighted by Crippen LogP contribution is 2.08. The van der Waals surface area contributed by atoms with Crippen LogP contribution < -0.4 is 5.43 Å². The summed E-state index contributed by atoms with van der Waals surface area (Å²) < 4.78 is 0. The minimum absolute atomic E-state index is 0.473. The normalized spacial score (nSPS) is 15.5. The van der Waals surface area contributed by atoms with Crippen molar-refractivity contribution in [2.75, 3.05) is 5.43 Å². The first-order chi connectivity index (χ1) is 5.75. The Balaban J connectivity index is 2.52. The van der Waals surface area contributed by atoms with Crippen molar-refractivity contribution in [2.45, 2.75) is 13.8 Å². The Morgan fingerprint density at radius 3 is 3.08 bits per heavy atom. The maximum atomic E-state index is 4.15. The van der Waals surface area contributed by atoms with Gasteiger partial charge in [0.1, 0.15) is 0 Å². The Bertz CT molecular complexity index is 360. The van der Waals surface area contributed by atoms with E-state index in [1.807, 2.05) is 19.9 Å². The molecule has 1 aliphatic heterocycles. The fraction of sp³-hybridized carbons (Fsp3) is 0.333. The van der Waals surface area contributed by atoms with Crippen LogP contribution in [0.25, 0.3) is 0 Å². The molecule has 2 heterocycles. The summed E-state index contributed by atoms with van der Waals surface area (Å²) in [6.07, 6.45) is 1.91. The second kappa shape index (κ2) is 2.40. The van der Waals surface area contributed by atoms with Crippen molar-refractivity contribution in [3.05, 3.63) is 11.8 Å². The number of aliphatic imine (C=N–C) groups is 1. The van der Waals surface area contributed by atoms with Gasteiger partial charge in [0.2, 0.25) is 0 Å². The van der Waals surface area contributed by atoms with E-state index in [2.05, 4.69) is 25.9 Å². The van der Waals surface area contributed by atoms with Crippen molar-refractivity contribution >= 4 is 11.7 Å². The number of nitrogens with one attached hydrogen (secondary N) is 1. The molecule has 6 nitrogen and oxygen atoms in total. The molecule has 12 heavy (non-hydrogen) atoms. The van der Waals surface area contributed by atoms with Gasteiger partial charge in [0.25, 0.3) is 5.95 Å². The van der Waals surface area contributed by atoms with Crippen molar-refractivity contribution in [3.63, 3.8) is 0 Å². The number of hydrogen-bond donors (Lipinski definition) is 1. The van der Waals surface area contributed by atoms with Gasteiger partial charge < -0.3 is 0 Å². The summed E-state index contributed by atoms with van der Waals surface area (Å²) in [4.78, 5) is 5.59. The van der Waals surface area contributed by atoms with Crippen LogP contribution in [0.3, 0.4) is 0 Å². The maximum absolute atomic E-state index is 4.15. The van der Waals surface area contributed by atoms with Gasteiger partial charge in [-0.2, -0.15) is 0 Å². The summed E-state index contributed by atoms with van der Waals surface area (Å²) >= 11 is 0. The van der Waals surface area contributed by atoms with Gasteiger partial charge in [-0.15, -0.1) is 4.79 Å². The van der Waals surface area contributed by atoms with Crippen molar-refractivity contribution in [2.24, 2.45) is 4.99 Å². The first-order valence-corrected chi connectivity index (χ1v) is 3.55. The zero-order valence-corrected chi connectivity index (χ0v) is 6.81. The first kappa shape index (κ1) is 6.96. The van der Waals surface area contributed by atoms with Crippen molar-refractivity contribution in [1.29, 1.82) is 0 Å². The van der Waals surface area contributed by atoms with Gasteiger partial charge in [-0.1, -0.05) is 5.10 Å². The standard InChI is InChI=1S/C6H8N6/c1-4-3-5(2)9-12-6(7-4)8-10-11-12/h3,9H,1-2H3. The van der Waals surface area contributed by atoms with Crippen LogP contribution in [-0.2, 0) is 0 Å². The van der Waals surface area contributed by atoms with Crippen LogP contribution in [0.4, 0.5) is 5.95 Å². The molecule has 1 aliphatic rings. The van der Waals surface area contributed by atoms with E-state index in [0.29, 0.717) is 5.95 Å². The number of rotatable bonds is 0. The third kappa shape index (κ3) is 1.07. The first-order valence-electron chi connectivity index (χ1n) is 3.55. The van der Waals surface area contributed by atoms with E-state index >= 15 is 0 Å². The molecule has 1 aromatic heterocycles. The molecule has 0 bridgehead atoms. The number of nitrogens with zero attached hydrogens (tertiary/aromatic N) is 5. The molecule has 0 atom stereocenters. The summed E-state index contributed by atoms with van der Waals surface area (Å²) in [5.41, 5.74) is 4.80. The average Bonchev–Trinajstić information content (AvgIpc) is 2.31. The molecule has 0 aliphatic carbocycles. The van der Waals surface area contributed by atoms with Gasteiger partial charge in [0, 0.05) is 11.4 Å². The van der Waals surface area contributed by atoms with E-state index in [1.54, 1.807) is 0 Å². The van der Waals surface area contributed by atoms with Crippen LogP contribution in [-0.4, -0.2) is 26.0 Å². The van der Waals surface area contributed by atoms with E-state index in [1.165, 1.54) is 4.79 Å². The summed E-state index contributed by atoms with van der Waals surface area (Å²) in [6.45, 7) is 3.82. The predicted molar refractivity (Wildman–Crippen MR) is 43.7 cm³/mol. The molecule has 0 saturated heterocycles. The third-order valence-corrected chi connectivity index (χ3v) is 1.44. The predicted octanol–water partition coefficient (Wildman–Crippen LogP) is 0.226. The summed E-state index contributed by atoms with van der Waals surface area (Å²) in [5.74, 6) is 0.473. The van der Waals surface area contributed by atoms with Gasteiger partial charge in [0.15, 0.2) is 0 Å². The van der Waals surface area contributed by atoms with Gasteiger partial charge >= 0.3 is 0 Å². The molecule has 1 N–H and O–H groups in total. The van der Waals surface area contributed by atoms with E-state index in [-0.39, 0.29) is 0 Å². The minimum atomic E-state index is 0.473. The number of tetrazole rings is 1. The fourth-order valence-electron chi connectivity index (χ4n) is 1.03. The van der Waals surface area contributed by atoms with Crippen LogP contribution in [0.5, 0.6) is 0 Å². The molecule has 1 aromatic rings. The Morgan fingerprint density at radius 2 is 2.25 bits per heavy atom. The number of allylic oxidation sites excluding steroid dienone is 2. The molecule has 0 spiro atoms. The van der Waals surface area contributed by atoms with Gasteiger partial charge in [-0.25, -0.2) is 4.99 Å². The Hall–Kier alpha value is -1.72. The van der Waals surface area contributed by atoms with Gasteiger partial charge in [-0.3, -0.25) is 5.43 Å². The SMILES string of the molecule is CC1=CC(C)=Nc2nnnn2N1. The largest absolute Gasteiger partial charge is 0.289 e. The second-order valence-corrected chi connectivity index (χ2v) is 2.58. The van der Waals surface area contributed by atoms with Gasteiger partial charge in [0.05, 0.1) is 0 Å². The molecule has 0 radical (unpaired) electrons. The Labute approximate surface area is 69.0 Å². The Kier molecular flexibility index (Phi) is 1.39. The smallest absolute Gasteiger partial charge is 0.278 e.